The Kier molecular flexibility index (Phi) is 6.60. The maximum atomic E-state index is 12.4. The third kappa shape index (κ3) is 6.31. The molecular weight excluding hydrogens is 223 g/mol. The lowest BCUT2D eigenvalue weighted by Gasteiger charge is -2.13. The van der Waals surface area contributed by atoms with Crippen molar-refractivity contribution in [3.05, 3.63) is 11.8 Å². The number of unbranched alkanes of at least 4 members (excludes halogenated alkanes) is 1. The van der Waals surface area contributed by atoms with Gasteiger partial charge in [0.05, 0.1) is 12.7 Å². The van der Waals surface area contributed by atoms with Gasteiger partial charge < -0.3 is 10.1 Å². The molecule has 94 valence electrons. The van der Waals surface area contributed by atoms with Gasteiger partial charge in [-0.2, -0.15) is 13.2 Å². The van der Waals surface area contributed by atoms with E-state index >= 15 is 0 Å². The van der Waals surface area contributed by atoms with E-state index in [1.165, 1.54) is 6.92 Å². The summed E-state index contributed by atoms with van der Waals surface area (Å²) in [7, 11) is 0. The molecule has 0 fully saturated rings. The minimum Gasteiger partial charge on any atom is -0.463 e. The largest absolute Gasteiger partial charge is 0.463 e. The van der Waals surface area contributed by atoms with E-state index in [2.05, 4.69) is 10.1 Å². The first-order valence-electron chi connectivity index (χ1n) is 5.11. The Labute approximate surface area is 92.7 Å². The van der Waals surface area contributed by atoms with Crippen molar-refractivity contribution in [1.29, 1.82) is 0 Å². The van der Waals surface area contributed by atoms with Crippen molar-refractivity contribution in [2.24, 2.45) is 0 Å². The standard InChI is InChI=1S/C10H16F3NO2/c1-3-5-6-14-8(10(11,12)13)7-9(15)16-4-2/h7,14H,3-6H2,1-2H3/b8-7-. The summed E-state index contributed by atoms with van der Waals surface area (Å²) in [5.74, 6) is -0.987. The zero-order valence-electron chi connectivity index (χ0n) is 9.36. The molecule has 0 aromatic heterocycles. The van der Waals surface area contributed by atoms with Crippen LogP contribution in [0, 0.1) is 0 Å². The first-order valence-corrected chi connectivity index (χ1v) is 5.11. The molecule has 0 aliphatic rings. The van der Waals surface area contributed by atoms with Crippen LogP contribution in [0.2, 0.25) is 0 Å². The second-order valence-electron chi connectivity index (χ2n) is 3.09. The van der Waals surface area contributed by atoms with Crippen LogP contribution < -0.4 is 5.32 Å². The third-order valence-electron chi connectivity index (χ3n) is 1.70. The third-order valence-corrected chi connectivity index (χ3v) is 1.70. The van der Waals surface area contributed by atoms with Crippen molar-refractivity contribution < 1.29 is 22.7 Å². The van der Waals surface area contributed by atoms with E-state index in [9.17, 15) is 18.0 Å². The quantitative estimate of drug-likeness (QED) is 0.439. The minimum absolute atomic E-state index is 0.0510. The molecule has 1 N–H and O–H groups in total. The monoisotopic (exact) mass is 239 g/mol. The van der Waals surface area contributed by atoms with E-state index in [4.69, 9.17) is 0 Å². The number of esters is 1. The summed E-state index contributed by atoms with van der Waals surface area (Å²) >= 11 is 0. The molecule has 0 aliphatic carbocycles. The molecule has 0 atom stereocenters. The van der Waals surface area contributed by atoms with E-state index in [-0.39, 0.29) is 13.2 Å². The summed E-state index contributed by atoms with van der Waals surface area (Å²) in [6.45, 7) is 3.63. The number of carbonyl (C=O) groups is 1. The maximum absolute atomic E-state index is 12.4. The van der Waals surface area contributed by atoms with E-state index in [1.54, 1.807) is 0 Å². The fourth-order valence-corrected chi connectivity index (χ4v) is 0.935. The van der Waals surface area contributed by atoms with Gasteiger partial charge in [0, 0.05) is 6.54 Å². The van der Waals surface area contributed by atoms with Crippen molar-refractivity contribution in [2.45, 2.75) is 32.9 Å². The highest BCUT2D eigenvalue weighted by Gasteiger charge is 2.34. The van der Waals surface area contributed by atoms with Gasteiger partial charge in [-0.25, -0.2) is 4.79 Å². The second kappa shape index (κ2) is 7.14. The lowest BCUT2D eigenvalue weighted by atomic mass is 10.3. The van der Waals surface area contributed by atoms with Gasteiger partial charge >= 0.3 is 12.1 Å². The van der Waals surface area contributed by atoms with Gasteiger partial charge in [0.1, 0.15) is 5.70 Å². The van der Waals surface area contributed by atoms with Gasteiger partial charge in [0.25, 0.3) is 0 Å². The van der Waals surface area contributed by atoms with E-state index < -0.39 is 17.8 Å². The molecule has 0 unspecified atom stereocenters. The molecular formula is C10H16F3NO2. The van der Waals surface area contributed by atoms with E-state index in [0.717, 1.165) is 6.42 Å². The van der Waals surface area contributed by atoms with Crippen LogP contribution in [0.1, 0.15) is 26.7 Å². The first-order chi connectivity index (χ1) is 7.41. The summed E-state index contributed by atoms with van der Waals surface area (Å²) in [5, 5.41) is 2.19. The molecule has 0 amide bonds. The zero-order chi connectivity index (χ0) is 12.6. The Hall–Kier alpha value is -1.20. The maximum Gasteiger partial charge on any atom is 0.431 e. The SMILES string of the molecule is CCCCN/C(=C\C(=O)OCC)C(F)(F)F. The molecule has 0 aromatic rings. The van der Waals surface area contributed by atoms with Crippen molar-refractivity contribution in [3.63, 3.8) is 0 Å². The molecule has 0 aromatic carbocycles. The van der Waals surface area contributed by atoms with Gasteiger partial charge in [-0.1, -0.05) is 13.3 Å². The van der Waals surface area contributed by atoms with Crippen molar-refractivity contribution in [2.75, 3.05) is 13.2 Å². The van der Waals surface area contributed by atoms with Gasteiger partial charge in [-0.05, 0) is 13.3 Å². The number of ether oxygens (including phenoxy) is 1. The number of allylic oxidation sites excluding steroid dienone is 1. The molecule has 0 saturated carbocycles. The number of carbonyl (C=O) groups excluding carboxylic acids is 1. The molecule has 0 bridgehead atoms. The summed E-state index contributed by atoms with van der Waals surface area (Å²) in [4.78, 5) is 10.9. The highest BCUT2D eigenvalue weighted by Crippen LogP contribution is 2.23. The highest BCUT2D eigenvalue weighted by molar-refractivity contribution is 5.82. The van der Waals surface area contributed by atoms with E-state index in [0.29, 0.717) is 12.5 Å². The number of halogens is 3. The van der Waals surface area contributed by atoms with Crippen molar-refractivity contribution in [3.8, 4) is 0 Å². The van der Waals surface area contributed by atoms with Gasteiger partial charge in [0.15, 0.2) is 0 Å². The average molecular weight is 239 g/mol. The number of rotatable bonds is 6. The Morgan fingerprint density at radius 2 is 2.00 bits per heavy atom. The molecule has 0 spiro atoms. The topological polar surface area (TPSA) is 38.3 Å². The van der Waals surface area contributed by atoms with Gasteiger partial charge in [-0.3, -0.25) is 0 Å². The van der Waals surface area contributed by atoms with Crippen LogP contribution in [0.5, 0.6) is 0 Å². The Bertz CT molecular complexity index is 249. The van der Waals surface area contributed by atoms with Crippen LogP contribution in [0.25, 0.3) is 0 Å². The molecule has 0 rings (SSSR count). The molecule has 0 radical (unpaired) electrons. The molecule has 3 nitrogen and oxygen atoms in total. The van der Waals surface area contributed by atoms with Crippen LogP contribution in [0.15, 0.2) is 11.8 Å². The number of hydrogen-bond acceptors (Lipinski definition) is 3. The summed E-state index contributed by atoms with van der Waals surface area (Å²) in [5.41, 5.74) is -1.06. The molecule has 0 saturated heterocycles. The lowest BCUT2D eigenvalue weighted by molar-refractivity contribution is -0.138. The van der Waals surface area contributed by atoms with Crippen LogP contribution in [-0.4, -0.2) is 25.3 Å². The zero-order valence-corrected chi connectivity index (χ0v) is 9.36. The number of alkyl halides is 3. The summed E-state index contributed by atoms with van der Waals surface area (Å²) in [6, 6.07) is 0. The smallest absolute Gasteiger partial charge is 0.431 e. The summed E-state index contributed by atoms with van der Waals surface area (Å²) in [6.07, 6.45) is -2.73. The predicted molar refractivity (Wildman–Crippen MR) is 53.7 cm³/mol. The normalized spacial score (nSPS) is 12.4. The van der Waals surface area contributed by atoms with E-state index in [1.807, 2.05) is 6.92 Å². The van der Waals surface area contributed by atoms with Crippen LogP contribution in [0.3, 0.4) is 0 Å². The minimum atomic E-state index is -4.56. The fraction of sp³-hybridized carbons (Fsp3) is 0.700. The molecule has 16 heavy (non-hydrogen) atoms. The molecule has 6 heteroatoms. The Morgan fingerprint density at radius 1 is 1.38 bits per heavy atom. The fourth-order valence-electron chi connectivity index (χ4n) is 0.935. The van der Waals surface area contributed by atoms with Crippen molar-refractivity contribution in [1.82, 2.24) is 5.32 Å². The summed E-state index contributed by atoms with van der Waals surface area (Å²) < 4.78 is 41.6. The average Bonchev–Trinajstić information content (AvgIpc) is 2.15. The lowest BCUT2D eigenvalue weighted by Crippen LogP contribution is -2.28. The molecule has 0 heterocycles. The van der Waals surface area contributed by atoms with Crippen LogP contribution >= 0.6 is 0 Å². The van der Waals surface area contributed by atoms with Crippen molar-refractivity contribution >= 4 is 5.97 Å². The Morgan fingerprint density at radius 3 is 2.44 bits per heavy atom. The predicted octanol–water partition coefficient (Wildman–Crippen LogP) is 2.39. The van der Waals surface area contributed by atoms with Gasteiger partial charge in [-0.15, -0.1) is 0 Å². The number of nitrogens with one attached hydrogen (secondary N) is 1. The van der Waals surface area contributed by atoms with Crippen LogP contribution in [-0.2, 0) is 9.53 Å². The van der Waals surface area contributed by atoms with Crippen LogP contribution in [0.4, 0.5) is 13.2 Å². The second-order valence-corrected chi connectivity index (χ2v) is 3.09. The van der Waals surface area contributed by atoms with Gasteiger partial charge in [0.2, 0.25) is 0 Å². The highest BCUT2D eigenvalue weighted by atomic mass is 19.4. The first kappa shape index (κ1) is 14.8. The Balaban J connectivity index is 4.48. The number of hydrogen-bond donors (Lipinski definition) is 1. The molecule has 0 aliphatic heterocycles.